The van der Waals surface area contributed by atoms with Gasteiger partial charge in [-0.15, -0.1) is 0 Å². The van der Waals surface area contributed by atoms with E-state index >= 15 is 0 Å². The van der Waals surface area contributed by atoms with Gasteiger partial charge in [0.2, 0.25) is 5.91 Å². The van der Waals surface area contributed by atoms with Crippen LogP contribution in [0.2, 0.25) is 0 Å². The molecule has 1 N–H and O–H groups in total. The second kappa shape index (κ2) is 4.15. The van der Waals surface area contributed by atoms with Crippen molar-refractivity contribution in [1.82, 2.24) is 4.90 Å². The highest BCUT2D eigenvalue weighted by molar-refractivity contribution is 5.85. The smallest absolute Gasteiger partial charge is 0.231 e. The number of rotatable bonds is 2. The van der Waals surface area contributed by atoms with Crippen LogP contribution in [0.3, 0.4) is 0 Å². The zero-order chi connectivity index (χ0) is 12.6. The topological polar surface area (TPSA) is 40.5 Å². The number of carbonyl (C=O) groups is 1. The van der Waals surface area contributed by atoms with Crippen LogP contribution < -0.4 is 0 Å². The van der Waals surface area contributed by atoms with E-state index in [0.717, 1.165) is 5.56 Å². The molecule has 1 amide bonds. The van der Waals surface area contributed by atoms with Gasteiger partial charge in [0.15, 0.2) is 0 Å². The quantitative estimate of drug-likeness (QED) is 0.848. The molecule has 0 aromatic heterocycles. The number of benzene rings is 1. The fourth-order valence-electron chi connectivity index (χ4n) is 2.26. The molecule has 0 unspecified atom stereocenters. The Labute approximate surface area is 102 Å². The van der Waals surface area contributed by atoms with E-state index in [-0.39, 0.29) is 11.9 Å². The van der Waals surface area contributed by atoms with Gasteiger partial charge in [-0.05, 0) is 26.3 Å². The average molecular weight is 233 g/mol. The van der Waals surface area contributed by atoms with Gasteiger partial charge in [-0.1, -0.05) is 30.3 Å². The zero-order valence-electron chi connectivity index (χ0n) is 10.6. The maximum absolute atomic E-state index is 12.2. The maximum Gasteiger partial charge on any atom is 0.231 e. The Bertz CT molecular complexity index is 413. The van der Waals surface area contributed by atoms with E-state index in [1.165, 1.54) is 0 Å². The summed E-state index contributed by atoms with van der Waals surface area (Å²) in [5.74, 6) is 0.0290. The third-order valence-electron chi connectivity index (χ3n) is 3.76. The summed E-state index contributed by atoms with van der Waals surface area (Å²) in [6, 6.07) is 9.92. The van der Waals surface area contributed by atoms with Gasteiger partial charge in [0.25, 0.3) is 0 Å². The maximum atomic E-state index is 12.2. The van der Waals surface area contributed by atoms with Crippen molar-refractivity contribution in [2.75, 3.05) is 6.54 Å². The van der Waals surface area contributed by atoms with Gasteiger partial charge in [0.05, 0.1) is 17.6 Å². The predicted molar refractivity (Wildman–Crippen MR) is 66.4 cm³/mol. The van der Waals surface area contributed by atoms with E-state index < -0.39 is 11.5 Å². The Morgan fingerprint density at radius 1 is 1.35 bits per heavy atom. The van der Waals surface area contributed by atoms with E-state index in [0.29, 0.717) is 6.54 Å². The number of hydrogen-bond donors (Lipinski definition) is 1. The number of amides is 1. The van der Waals surface area contributed by atoms with E-state index in [1.54, 1.807) is 18.7 Å². The minimum absolute atomic E-state index is 0.0140. The highest BCUT2D eigenvalue weighted by Gasteiger charge is 2.47. The van der Waals surface area contributed by atoms with Gasteiger partial charge >= 0.3 is 0 Å². The van der Waals surface area contributed by atoms with Crippen LogP contribution in [-0.2, 0) is 4.79 Å². The molecule has 0 aliphatic carbocycles. The monoisotopic (exact) mass is 233 g/mol. The molecule has 1 aliphatic heterocycles. The van der Waals surface area contributed by atoms with Crippen molar-refractivity contribution in [3.63, 3.8) is 0 Å². The molecule has 17 heavy (non-hydrogen) atoms. The molecule has 1 aromatic carbocycles. The lowest BCUT2D eigenvalue weighted by atomic mass is 9.89. The fourth-order valence-corrected chi connectivity index (χ4v) is 2.26. The van der Waals surface area contributed by atoms with Crippen LogP contribution in [0.15, 0.2) is 30.3 Å². The summed E-state index contributed by atoms with van der Waals surface area (Å²) in [5.41, 5.74) is 0.439. The highest BCUT2D eigenvalue weighted by Crippen LogP contribution is 2.36. The molecule has 1 saturated heterocycles. The Morgan fingerprint density at radius 3 is 2.41 bits per heavy atom. The van der Waals surface area contributed by atoms with Crippen LogP contribution in [-0.4, -0.2) is 28.6 Å². The molecule has 1 heterocycles. The Morgan fingerprint density at radius 2 is 1.94 bits per heavy atom. The molecular weight excluding hydrogens is 214 g/mol. The first-order chi connectivity index (χ1) is 7.94. The Kier molecular flexibility index (Phi) is 2.96. The average Bonchev–Trinajstić information content (AvgIpc) is 2.53. The lowest BCUT2D eigenvalue weighted by Gasteiger charge is -2.26. The molecule has 1 aliphatic rings. The molecular formula is C14H19NO2. The van der Waals surface area contributed by atoms with Crippen LogP contribution >= 0.6 is 0 Å². The molecule has 2 atom stereocenters. The Hall–Kier alpha value is -1.35. The highest BCUT2D eigenvalue weighted by atomic mass is 16.3. The fraction of sp³-hybridized carbons (Fsp3) is 0.500. The summed E-state index contributed by atoms with van der Waals surface area (Å²) in [6.07, 6.45) is -0.582. The van der Waals surface area contributed by atoms with Crippen molar-refractivity contribution in [3.8, 4) is 0 Å². The van der Waals surface area contributed by atoms with Gasteiger partial charge in [-0.2, -0.15) is 0 Å². The molecule has 0 saturated carbocycles. The van der Waals surface area contributed by atoms with E-state index in [2.05, 4.69) is 0 Å². The van der Waals surface area contributed by atoms with E-state index in [9.17, 15) is 9.90 Å². The minimum atomic E-state index is -0.664. The summed E-state index contributed by atoms with van der Waals surface area (Å²) in [7, 11) is 0. The van der Waals surface area contributed by atoms with Gasteiger partial charge in [-0.3, -0.25) is 4.79 Å². The molecule has 1 aromatic rings. The second-order valence-electron chi connectivity index (χ2n) is 5.28. The van der Waals surface area contributed by atoms with Crippen molar-refractivity contribution >= 4 is 5.91 Å². The number of hydrogen-bond acceptors (Lipinski definition) is 2. The summed E-state index contributed by atoms with van der Waals surface area (Å²) in [5, 5.41) is 9.93. The lowest BCUT2D eigenvalue weighted by molar-refractivity contribution is -0.137. The summed E-state index contributed by atoms with van der Waals surface area (Å²) in [4.78, 5) is 14.0. The van der Waals surface area contributed by atoms with E-state index in [1.807, 2.05) is 37.3 Å². The minimum Gasteiger partial charge on any atom is -0.390 e. The van der Waals surface area contributed by atoms with Gasteiger partial charge < -0.3 is 10.0 Å². The van der Waals surface area contributed by atoms with Crippen LogP contribution in [0.4, 0.5) is 0 Å². The van der Waals surface area contributed by atoms with E-state index in [4.69, 9.17) is 0 Å². The first-order valence-corrected chi connectivity index (χ1v) is 5.98. The first-order valence-electron chi connectivity index (χ1n) is 5.98. The van der Waals surface area contributed by atoms with Gasteiger partial charge in [0, 0.05) is 6.54 Å². The third kappa shape index (κ3) is 1.95. The summed E-state index contributed by atoms with van der Waals surface area (Å²) < 4.78 is 0. The SMILES string of the molecule is C[C@H](c1ccccc1)N1C[C@H](O)C(C)(C)C1=O. The van der Waals surface area contributed by atoms with Crippen LogP contribution in [0.1, 0.15) is 32.4 Å². The van der Waals surface area contributed by atoms with Crippen LogP contribution in [0.5, 0.6) is 0 Å². The van der Waals surface area contributed by atoms with Crippen LogP contribution in [0.25, 0.3) is 0 Å². The largest absolute Gasteiger partial charge is 0.390 e. The lowest BCUT2D eigenvalue weighted by Crippen LogP contribution is -2.34. The van der Waals surface area contributed by atoms with Crippen molar-refractivity contribution in [2.24, 2.45) is 5.41 Å². The van der Waals surface area contributed by atoms with Gasteiger partial charge in [-0.25, -0.2) is 0 Å². The summed E-state index contributed by atoms with van der Waals surface area (Å²) in [6.45, 7) is 6.03. The molecule has 92 valence electrons. The molecule has 1 fully saturated rings. The number of aliphatic hydroxyl groups is 1. The second-order valence-corrected chi connectivity index (χ2v) is 5.28. The van der Waals surface area contributed by atoms with Crippen molar-refractivity contribution in [3.05, 3.63) is 35.9 Å². The molecule has 3 nitrogen and oxygen atoms in total. The zero-order valence-corrected chi connectivity index (χ0v) is 10.6. The number of carbonyl (C=O) groups excluding carboxylic acids is 1. The normalized spacial score (nSPS) is 25.1. The third-order valence-corrected chi connectivity index (χ3v) is 3.76. The summed E-state index contributed by atoms with van der Waals surface area (Å²) >= 11 is 0. The van der Waals surface area contributed by atoms with Gasteiger partial charge in [0.1, 0.15) is 0 Å². The first kappa shape index (κ1) is 12.1. The van der Waals surface area contributed by atoms with Crippen LogP contribution in [0, 0.1) is 5.41 Å². The number of aliphatic hydroxyl groups excluding tert-OH is 1. The number of likely N-dealkylation sites (tertiary alicyclic amines) is 1. The number of β-amino-alcohol motifs (C(OH)–C–C–N with tert-alkyl or cyclic N) is 1. The molecule has 3 heteroatoms. The van der Waals surface area contributed by atoms with Crippen molar-refractivity contribution in [2.45, 2.75) is 32.9 Å². The number of nitrogens with zero attached hydrogens (tertiary/aromatic N) is 1. The molecule has 0 radical (unpaired) electrons. The predicted octanol–water partition coefficient (Wildman–Crippen LogP) is 1.98. The standard InChI is InChI=1S/C14H19NO2/c1-10(11-7-5-4-6-8-11)15-9-12(16)14(2,3)13(15)17/h4-8,10,12,16H,9H2,1-3H3/t10-,12+/m1/s1. The molecule has 0 spiro atoms. The van der Waals surface area contributed by atoms with Crippen molar-refractivity contribution in [1.29, 1.82) is 0 Å². The molecule has 2 rings (SSSR count). The van der Waals surface area contributed by atoms with Crippen molar-refractivity contribution < 1.29 is 9.90 Å². The Balaban J connectivity index is 2.23. The molecule has 0 bridgehead atoms.